The number of rotatable bonds is 7. The van der Waals surface area contributed by atoms with Crippen molar-refractivity contribution in [3.05, 3.63) is 59.1 Å². The van der Waals surface area contributed by atoms with E-state index in [0.29, 0.717) is 11.6 Å². The molecule has 2 rings (SSSR count). The zero-order valence-electron chi connectivity index (χ0n) is 12.4. The predicted molar refractivity (Wildman–Crippen MR) is 89.6 cm³/mol. The fourth-order valence-corrected chi connectivity index (χ4v) is 2.18. The van der Waals surface area contributed by atoms with Gasteiger partial charge in [-0.3, -0.25) is 4.79 Å². The van der Waals surface area contributed by atoms with Gasteiger partial charge in [0, 0.05) is 6.54 Å². The number of benzene rings is 2. The van der Waals surface area contributed by atoms with Gasteiger partial charge in [0.05, 0.1) is 24.4 Å². The summed E-state index contributed by atoms with van der Waals surface area (Å²) in [4.78, 5) is 11.8. The molecule has 0 aliphatic carbocycles. The summed E-state index contributed by atoms with van der Waals surface area (Å²) in [6, 6.07) is 15.2. The molecule has 0 radical (unpaired) electrons. The van der Waals surface area contributed by atoms with Crippen LogP contribution in [0.4, 0.5) is 5.69 Å². The lowest BCUT2D eigenvalue weighted by Crippen LogP contribution is -2.31. The molecule has 0 unspecified atom stereocenters. The van der Waals surface area contributed by atoms with Crippen molar-refractivity contribution >= 4 is 23.2 Å². The average Bonchev–Trinajstić information content (AvgIpc) is 2.55. The number of amides is 1. The van der Waals surface area contributed by atoms with Crippen molar-refractivity contribution in [1.82, 2.24) is 5.32 Å². The fourth-order valence-electron chi connectivity index (χ4n) is 1.98. The van der Waals surface area contributed by atoms with Crippen LogP contribution in [0.3, 0.4) is 0 Å². The molecule has 4 nitrogen and oxygen atoms in total. The summed E-state index contributed by atoms with van der Waals surface area (Å²) in [5.41, 5.74) is 1.91. The molecule has 22 heavy (non-hydrogen) atoms. The molecule has 0 bridgehead atoms. The Morgan fingerprint density at radius 3 is 2.55 bits per heavy atom. The van der Waals surface area contributed by atoms with Crippen LogP contribution in [0.15, 0.2) is 48.5 Å². The second-order valence-corrected chi connectivity index (χ2v) is 5.19. The van der Waals surface area contributed by atoms with Gasteiger partial charge in [-0.1, -0.05) is 35.9 Å². The average molecular weight is 319 g/mol. The summed E-state index contributed by atoms with van der Waals surface area (Å²) in [5, 5.41) is 6.49. The maximum Gasteiger partial charge on any atom is 0.239 e. The Balaban J connectivity index is 1.70. The zero-order valence-corrected chi connectivity index (χ0v) is 13.2. The lowest BCUT2D eigenvalue weighted by molar-refractivity contribution is -0.119. The van der Waals surface area contributed by atoms with E-state index in [4.69, 9.17) is 16.3 Å². The van der Waals surface area contributed by atoms with Crippen molar-refractivity contribution in [3.63, 3.8) is 0 Å². The number of anilines is 1. The number of methoxy groups -OCH3 is 1. The molecule has 0 aliphatic heterocycles. The lowest BCUT2D eigenvalue weighted by Gasteiger charge is -2.09. The molecule has 0 atom stereocenters. The van der Waals surface area contributed by atoms with Gasteiger partial charge in [-0.15, -0.1) is 0 Å². The second kappa shape index (κ2) is 8.29. The van der Waals surface area contributed by atoms with E-state index in [1.807, 2.05) is 42.5 Å². The van der Waals surface area contributed by atoms with Gasteiger partial charge >= 0.3 is 0 Å². The molecule has 2 aromatic carbocycles. The summed E-state index contributed by atoms with van der Waals surface area (Å²) >= 11 is 6.01. The van der Waals surface area contributed by atoms with Crippen LogP contribution < -0.4 is 15.4 Å². The molecule has 0 fully saturated rings. The molecule has 0 spiro atoms. The Labute approximate surface area is 135 Å². The van der Waals surface area contributed by atoms with Crippen molar-refractivity contribution in [1.29, 1.82) is 0 Å². The third kappa shape index (κ3) is 4.97. The van der Waals surface area contributed by atoms with Gasteiger partial charge in [-0.25, -0.2) is 0 Å². The van der Waals surface area contributed by atoms with E-state index < -0.39 is 0 Å². The van der Waals surface area contributed by atoms with E-state index in [-0.39, 0.29) is 12.5 Å². The molecule has 2 N–H and O–H groups in total. The number of carbonyl (C=O) groups is 1. The molecule has 5 heteroatoms. The highest BCUT2D eigenvalue weighted by molar-refractivity contribution is 6.33. The minimum Gasteiger partial charge on any atom is -0.497 e. The summed E-state index contributed by atoms with van der Waals surface area (Å²) in [6.07, 6.45) is 0.780. The predicted octanol–water partition coefficient (Wildman–Crippen LogP) is 3.12. The Morgan fingerprint density at radius 2 is 1.86 bits per heavy atom. The number of nitrogens with one attached hydrogen (secondary N) is 2. The Kier molecular flexibility index (Phi) is 6.10. The van der Waals surface area contributed by atoms with Crippen LogP contribution in [-0.4, -0.2) is 26.1 Å². The van der Waals surface area contributed by atoms with E-state index in [1.54, 1.807) is 13.2 Å². The quantitative estimate of drug-likeness (QED) is 0.824. The van der Waals surface area contributed by atoms with E-state index in [2.05, 4.69) is 10.6 Å². The summed E-state index contributed by atoms with van der Waals surface area (Å²) in [5.74, 6) is 0.769. The molecule has 116 valence electrons. The van der Waals surface area contributed by atoms with Crippen molar-refractivity contribution in [2.45, 2.75) is 6.42 Å². The van der Waals surface area contributed by atoms with E-state index in [9.17, 15) is 4.79 Å². The van der Waals surface area contributed by atoms with Crippen LogP contribution in [0.5, 0.6) is 5.75 Å². The highest BCUT2D eigenvalue weighted by atomic mass is 35.5. The van der Waals surface area contributed by atoms with Gasteiger partial charge in [-0.05, 0) is 36.2 Å². The Hall–Kier alpha value is -2.20. The zero-order chi connectivity index (χ0) is 15.8. The van der Waals surface area contributed by atoms with Crippen LogP contribution >= 0.6 is 11.6 Å². The van der Waals surface area contributed by atoms with Gasteiger partial charge in [0.1, 0.15) is 5.75 Å². The minimum atomic E-state index is -0.0616. The maximum absolute atomic E-state index is 11.8. The number of halogens is 1. The van der Waals surface area contributed by atoms with Crippen molar-refractivity contribution < 1.29 is 9.53 Å². The number of para-hydroxylation sites is 1. The van der Waals surface area contributed by atoms with Crippen LogP contribution in [0.2, 0.25) is 5.02 Å². The molecule has 0 aliphatic rings. The molecule has 0 aromatic heterocycles. The van der Waals surface area contributed by atoms with Gasteiger partial charge in [0.15, 0.2) is 0 Å². The monoisotopic (exact) mass is 318 g/mol. The van der Waals surface area contributed by atoms with Crippen molar-refractivity contribution in [2.24, 2.45) is 0 Å². The third-order valence-corrected chi connectivity index (χ3v) is 3.54. The molecule has 0 heterocycles. The van der Waals surface area contributed by atoms with Crippen LogP contribution in [-0.2, 0) is 11.2 Å². The molecular formula is C17H19ClN2O2. The summed E-state index contributed by atoms with van der Waals surface area (Å²) < 4.78 is 5.11. The minimum absolute atomic E-state index is 0.0616. The Morgan fingerprint density at radius 1 is 1.14 bits per heavy atom. The molecule has 0 saturated carbocycles. The van der Waals surface area contributed by atoms with Crippen LogP contribution in [0.25, 0.3) is 0 Å². The number of carbonyl (C=O) groups excluding carboxylic acids is 1. The molecule has 1 amide bonds. The first-order valence-corrected chi connectivity index (χ1v) is 7.45. The normalized spacial score (nSPS) is 10.1. The first-order chi connectivity index (χ1) is 10.7. The van der Waals surface area contributed by atoms with Crippen molar-refractivity contribution in [3.8, 4) is 5.75 Å². The highest BCUT2D eigenvalue weighted by Crippen LogP contribution is 2.19. The highest BCUT2D eigenvalue weighted by Gasteiger charge is 2.03. The summed E-state index contributed by atoms with van der Waals surface area (Å²) in [7, 11) is 1.64. The second-order valence-electron chi connectivity index (χ2n) is 4.78. The summed E-state index contributed by atoms with van der Waals surface area (Å²) in [6.45, 7) is 0.793. The van der Waals surface area contributed by atoms with Gasteiger partial charge in [-0.2, -0.15) is 0 Å². The maximum atomic E-state index is 11.8. The van der Waals surface area contributed by atoms with Crippen LogP contribution in [0.1, 0.15) is 5.56 Å². The lowest BCUT2D eigenvalue weighted by atomic mass is 10.1. The number of hydrogen-bond acceptors (Lipinski definition) is 3. The van der Waals surface area contributed by atoms with Crippen molar-refractivity contribution in [2.75, 3.05) is 25.5 Å². The van der Waals surface area contributed by atoms with E-state index in [1.165, 1.54) is 0 Å². The standard InChI is InChI=1S/C17H19ClN2O2/c1-22-14-8-6-13(7-9-14)10-11-19-17(21)12-20-16-5-3-2-4-15(16)18/h2-9,20H,10-12H2,1H3,(H,19,21). The smallest absolute Gasteiger partial charge is 0.239 e. The number of hydrogen-bond donors (Lipinski definition) is 2. The third-order valence-electron chi connectivity index (χ3n) is 3.21. The molecule has 0 saturated heterocycles. The van der Waals surface area contributed by atoms with E-state index >= 15 is 0 Å². The fraction of sp³-hybridized carbons (Fsp3) is 0.235. The first kappa shape index (κ1) is 16.2. The molecular weight excluding hydrogens is 300 g/mol. The topological polar surface area (TPSA) is 50.4 Å². The number of ether oxygens (including phenoxy) is 1. The van der Waals surface area contributed by atoms with Gasteiger partial charge < -0.3 is 15.4 Å². The van der Waals surface area contributed by atoms with Crippen LogP contribution in [0, 0.1) is 0 Å². The first-order valence-electron chi connectivity index (χ1n) is 7.07. The molecule has 2 aromatic rings. The Bertz CT molecular complexity index is 614. The largest absolute Gasteiger partial charge is 0.497 e. The van der Waals surface area contributed by atoms with E-state index in [0.717, 1.165) is 23.4 Å². The SMILES string of the molecule is COc1ccc(CCNC(=O)CNc2ccccc2Cl)cc1. The van der Waals surface area contributed by atoms with Gasteiger partial charge in [0.25, 0.3) is 0 Å². The van der Waals surface area contributed by atoms with Gasteiger partial charge in [0.2, 0.25) is 5.91 Å².